The fourth-order valence-corrected chi connectivity index (χ4v) is 2.61. The lowest BCUT2D eigenvalue weighted by molar-refractivity contribution is 0.0546. The van der Waals surface area contributed by atoms with Crippen LogP contribution in [-0.2, 0) is 12.8 Å². The third kappa shape index (κ3) is 6.98. The minimum Gasteiger partial charge on any atom is -0.394 e. The lowest BCUT2D eigenvalue weighted by Crippen LogP contribution is -2.56. The van der Waals surface area contributed by atoms with Crippen molar-refractivity contribution in [3.05, 3.63) is 35.4 Å². The summed E-state index contributed by atoms with van der Waals surface area (Å²) in [5.41, 5.74) is 6.19. The molecule has 4 N–H and O–H groups in total. The summed E-state index contributed by atoms with van der Waals surface area (Å²) in [4.78, 5) is 0. The van der Waals surface area contributed by atoms with E-state index in [9.17, 15) is 4.39 Å². The Labute approximate surface area is 139 Å². The molecule has 0 spiro atoms. The van der Waals surface area contributed by atoms with Crippen LogP contribution in [0, 0.1) is 0 Å². The van der Waals surface area contributed by atoms with Crippen LogP contribution in [0.4, 0.5) is 4.39 Å². The Kier molecular flexibility index (Phi) is 9.37. The summed E-state index contributed by atoms with van der Waals surface area (Å²) in [6, 6.07) is 7.89. The summed E-state index contributed by atoms with van der Waals surface area (Å²) in [6.07, 6.45) is 7.36. The van der Waals surface area contributed by atoms with Crippen molar-refractivity contribution in [3.8, 4) is 0 Å². The Morgan fingerprint density at radius 3 is 2.04 bits per heavy atom. The quantitative estimate of drug-likeness (QED) is 0.517. The number of nitrogens with two attached hydrogens (primary N) is 1. The van der Waals surface area contributed by atoms with E-state index in [4.69, 9.17) is 15.9 Å². The molecule has 0 aliphatic carbocycles. The first kappa shape index (κ1) is 20.1. The van der Waals surface area contributed by atoms with E-state index in [-0.39, 0.29) is 6.42 Å². The Bertz CT molecular complexity index is 418. The van der Waals surface area contributed by atoms with Gasteiger partial charge in [-0.1, -0.05) is 63.3 Å². The number of hydrogen-bond acceptors (Lipinski definition) is 3. The van der Waals surface area contributed by atoms with E-state index < -0.39 is 24.9 Å². The summed E-state index contributed by atoms with van der Waals surface area (Å²) in [5, 5.41) is 18.3. The summed E-state index contributed by atoms with van der Waals surface area (Å²) in [7, 11) is 0. The van der Waals surface area contributed by atoms with Crippen LogP contribution in [0.3, 0.4) is 0 Å². The molecule has 1 aromatic rings. The fraction of sp³-hybridized carbons (Fsp3) is 0.684. The first-order valence-electron chi connectivity index (χ1n) is 8.78. The smallest absolute Gasteiger partial charge is 0.126 e. The van der Waals surface area contributed by atoms with Crippen molar-refractivity contribution in [2.24, 2.45) is 5.73 Å². The van der Waals surface area contributed by atoms with Crippen molar-refractivity contribution >= 4 is 0 Å². The molecule has 0 aliphatic rings. The molecule has 0 saturated heterocycles. The number of hydrogen-bond donors (Lipinski definition) is 3. The van der Waals surface area contributed by atoms with Crippen molar-refractivity contribution in [1.29, 1.82) is 0 Å². The maximum absolute atomic E-state index is 14.1. The Morgan fingerprint density at radius 2 is 1.48 bits per heavy atom. The van der Waals surface area contributed by atoms with Crippen LogP contribution in [0.5, 0.6) is 0 Å². The second-order valence-corrected chi connectivity index (χ2v) is 6.56. The van der Waals surface area contributed by atoms with E-state index in [1.54, 1.807) is 0 Å². The van der Waals surface area contributed by atoms with Gasteiger partial charge in [0.05, 0.1) is 18.8 Å². The molecule has 0 aliphatic heterocycles. The Hall–Kier alpha value is -0.970. The molecule has 1 aromatic carbocycles. The van der Waals surface area contributed by atoms with Crippen LogP contribution in [0.25, 0.3) is 0 Å². The number of aryl methyl sites for hydroxylation is 1. The van der Waals surface area contributed by atoms with Crippen LogP contribution in [0.1, 0.15) is 56.6 Å². The first-order valence-corrected chi connectivity index (χ1v) is 8.78. The molecule has 0 radical (unpaired) electrons. The number of rotatable bonds is 12. The lowest BCUT2D eigenvalue weighted by atomic mass is 9.91. The molecular formula is C19H32FNO2. The van der Waals surface area contributed by atoms with Gasteiger partial charge in [-0.25, -0.2) is 4.39 Å². The van der Waals surface area contributed by atoms with Gasteiger partial charge in [-0.05, 0) is 24.0 Å². The normalized spacial score (nSPS) is 13.3. The number of unbranched alkanes of at least 4 members (excludes halogenated alkanes) is 5. The number of alkyl halides is 1. The van der Waals surface area contributed by atoms with E-state index in [1.807, 2.05) is 24.3 Å². The maximum Gasteiger partial charge on any atom is 0.126 e. The van der Waals surface area contributed by atoms with E-state index in [0.717, 1.165) is 12.0 Å². The van der Waals surface area contributed by atoms with Gasteiger partial charge in [0.1, 0.15) is 6.17 Å². The topological polar surface area (TPSA) is 66.5 Å². The molecule has 132 valence electrons. The zero-order chi connectivity index (χ0) is 17.1. The van der Waals surface area contributed by atoms with E-state index in [2.05, 4.69) is 6.92 Å². The molecule has 23 heavy (non-hydrogen) atoms. The van der Waals surface area contributed by atoms with Gasteiger partial charge in [0.25, 0.3) is 0 Å². The molecule has 0 heterocycles. The van der Waals surface area contributed by atoms with Crippen LogP contribution in [0.15, 0.2) is 24.3 Å². The van der Waals surface area contributed by atoms with Crippen LogP contribution in [0.2, 0.25) is 0 Å². The zero-order valence-electron chi connectivity index (χ0n) is 14.3. The van der Waals surface area contributed by atoms with Crippen LogP contribution >= 0.6 is 0 Å². The third-order valence-corrected chi connectivity index (χ3v) is 4.47. The molecule has 0 saturated carbocycles. The Morgan fingerprint density at radius 1 is 0.957 bits per heavy atom. The number of halogens is 1. The van der Waals surface area contributed by atoms with Crippen molar-refractivity contribution in [3.63, 3.8) is 0 Å². The van der Waals surface area contributed by atoms with Crippen molar-refractivity contribution in [1.82, 2.24) is 0 Å². The molecule has 1 rings (SSSR count). The van der Waals surface area contributed by atoms with Gasteiger partial charge in [-0.15, -0.1) is 0 Å². The third-order valence-electron chi connectivity index (χ3n) is 4.47. The predicted molar refractivity (Wildman–Crippen MR) is 93.2 cm³/mol. The molecule has 1 atom stereocenters. The maximum atomic E-state index is 14.1. The SMILES string of the molecule is CCCCCCCCc1ccc(CC(F)C(N)(CO)CO)cc1. The molecule has 3 nitrogen and oxygen atoms in total. The lowest BCUT2D eigenvalue weighted by Gasteiger charge is -2.28. The number of aliphatic hydroxyl groups excluding tert-OH is 2. The predicted octanol–water partition coefficient (Wildman–Crippen LogP) is 3.15. The van der Waals surface area contributed by atoms with Gasteiger partial charge in [0, 0.05) is 6.42 Å². The second-order valence-electron chi connectivity index (χ2n) is 6.56. The summed E-state index contributed by atoms with van der Waals surface area (Å²) >= 11 is 0. The number of benzene rings is 1. The highest BCUT2D eigenvalue weighted by atomic mass is 19.1. The van der Waals surface area contributed by atoms with E-state index in [1.165, 1.54) is 44.1 Å². The second kappa shape index (κ2) is 10.7. The van der Waals surface area contributed by atoms with Gasteiger partial charge < -0.3 is 15.9 Å². The molecular weight excluding hydrogens is 293 g/mol. The van der Waals surface area contributed by atoms with Crippen LogP contribution in [-0.4, -0.2) is 35.1 Å². The van der Waals surface area contributed by atoms with Crippen molar-refractivity contribution in [2.75, 3.05) is 13.2 Å². The van der Waals surface area contributed by atoms with Crippen LogP contribution < -0.4 is 5.73 Å². The largest absolute Gasteiger partial charge is 0.394 e. The van der Waals surface area contributed by atoms with Crippen molar-refractivity contribution < 1.29 is 14.6 Å². The van der Waals surface area contributed by atoms with Gasteiger partial charge in [-0.2, -0.15) is 0 Å². The summed E-state index contributed by atoms with van der Waals surface area (Å²) in [5.74, 6) is 0. The zero-order valence-corrected chi connectivity index (χ0v) is 14.3. The van der Waals surface area contributed by atoms with Gasteiger partial charge in [-0.3, -0.25) is 0 Å². The molecule has 0 amide bonds. The minimum absolute atomic E-state index is 0.106. The fourth-order valence-electron chi connectivity index (χ4n) is 2.61. The summed E-state index contributed by atoms with van der Waals surface area (Å²) < 4.78 is 14.1. The summed E-state index contributed by atoms with van der Waals surface area (Å²) in [6.45, 7) is 1.08. The standard InChI is InChI=1S/C19H32FNO2/c1-2-3-4-5-6-7-8-16-9-11-17(12-10-16)13-18(20)19(21,14-22)15-23/h9-12,18,22-23H,2-8,13-15,21H2,1H3. The highest BCUT2D eigenvalue weighted by Gasteiger charge is 2.34. The number of aliphatic hydroxyl groups is 2. The minimum atomic E-state index is -1.57. The Balaban J connectivity index is 2.38. The molecule has 0 aromatic heterocycles. The van der Waals surface area contributed by atoms with Gasteiger partial charge in [0.15, 0.2) is 0 Å². The van der Waals surface area contributed by atoms with E-state index in [0.29, 0.717) is 0 Å². The average molecular weight is 325 g/mol. The molecule has 1 unspecified atom stereocenters. The first-order chi connectivity index (χ1) is 11.1. The van der Waals surface area contributed by atoms with Gasteiger partial charge in [0.2, 0.25) is 0 Å². The van der Waals surface area contributed by atoms with Crippen molar-refractivity contribution in [2.45, 2.75) is 70.0 Å². The molecule has 4 heteroatoms. The van der Waals surface area contributed by atoms with E-state index >= 15 is 0 Å². The molecule has 0 fully saturated rings. The monoisotopic (exact) mass is 325 g/mol. The van der Waals surface area contributed by atoms with Gasteiger partial charge >= 0.3 is 0 Å². The highest BCUT2D eigenvalue weighted by molar-refractivity contribution is 5.23. The molecule has 0 bridgehead atoms. The highest BCUT2D eigenvalue weighted by Crippen LogP contribution is 2.17. The average Bonchev–Trinajstić information content (AvgIpc) is 2.58.